The Morgan fingerprint density at radius 3 is 2.29 bits per heavy atom. The summed E-state index contributed by atoms with van der Waals surface area (Å²) in [6, 6.07) is 0. The highest BCUT2D eigenvalue weighted by atomic mass is 16.5. The van der Waals surface area contributed by atoms with Crippen LogP contribution in [-0.2, 0) is 4.74 Å². The molecular weight excluding hydrogens is 420 g/mol. The number of methoxy groups -OCH3 is 1. The Kier molecular flexibility index (Phi) is 5.81. The molecule has 0 radical (unpaired) electrons. The number of ether oxygens (including phenoxy) is 1. The summed E-state index contributed by atoms with van der Waals surface area (Å²) in [6.07, 6.45) is 18.0. The summed E-state index contributed by atoms with van der Waals surface area (Å²) in [6.45, 7) is 14.3. The van der Waals surface area contributed by atoms with Crippen LogP contribution in [0.3, 0.4) is 0 Å². The van der Waals surface area contributed by atoms with Gasteiger partial charge in [-0.2, -0.15) is 0 Å². The van der Waals surface area contributed by atoms with Crippen molar-refractivity contribution in [1.82, 2.24) is 0 Å². The molecule has 0 bridgehead atoms. The molecule has 0 aliphatic heterocycles. The van der Waals surface area contributed by atoms with Gasteiger partial charge in [0.05, 0.1) is 12.7 Å². The van der Waals surface area contributed by atoms with E-state index in [0.717, 1.165) is 24.2 Å². The fourth-order valence-corrected chi connectivity index (χ4v) is 11.5. The van der Waals surface area contributed by atoms with Crippen LogP contribution in [0.25, 0.3) is 0 Å². The molecule has 0 aromatic heterocycles. The van der Waals surface area contributed by atoms with Crippen LogP contribution in [0.15, 0.2) is 12.2 Å². The Balaban J connectivity index is 1.37. The number of allylic oxidation sites excluding steroid dienone is 1. The first-order valence-electron chi connectivity index (χ1n) is 14.4. The van der Waals surface area contributed by atoms with Crippen molar-refractivity contribution in [3.05, 3.63) is 12.2 Å². The van der Waals surface area contributed by atoms with Crippen molar-refractivity contribution < 1.29 is 14.9 Å². The second kappa shape index (κ2) is 7.81. The molecule has 2 spiro atoms. The minimum atomic E-state index is -1.10. The van der Waals surface area contributed by atoms with Crippen LogP contribution in [-0.4, -0.2) is 35.6 Å². The predicted octanol–water partition coefficient (Wildman–Crippen LogP) is 6.77. The van der Waals surface area contributed by atoms with Gasteiger partial charge in [-0.15, -0.1) is 0 Å². The van der Waals surface area contributed by atoms with Gasteiger partial charge in [-0.3, -0.25) is 0 Å². The molecule has 5 aliphatic rings. The highest BCUT2D eigenvalue weighted by molar-refractivity contribution is 5.30. The van der Waals surface area contributed by atoms with Crippen LogP contribution in [0, 0.1) is 50.7 Å². The van der Waals surface area contributed by atoms with E-state index in [1.807, 2.05) is 13.2 Å². The van der Waals surface area contributed by atoms with Crippen molar-refractivity contribution >= 4 is 0 Å². The summed E-state index contributed by atoms with van der Waals surface area (Å²) in [5.74, 6) is 3.11. The van der Waals surface area contributed by atoms with E-state index in [1.165, 1.54) is 57.8 Å². The highest BCUT2D eigenvalue weighted by Gasteiger charge is 2.82. The molecule has 5 rings (SSSR count). The van der Waals surface area contributed by atoms with Crippen molar-refractivity contribution in [3.8, 4) is 0 Å². The lowest BCUT2D eigenvalue weighted by Crippen LogP contribution is -2.57. The standard InChI is InChI=1S/C31H52O3/c1-21(9-8-14-27(4,33)20-32)22-12-15-29(6)24-11-10-23-26(2,3)25(34-7)13-16-30(23)19-31(24,30)18-17-28(22,29)5/h8,14,21-25,32-33H,9-13,15-20H2,1-7H3/b14-8+/t21?,22?,23?,24?,25?,27-,28?,29?,30+,31-/m0/s1. The molecule has 194 valence electrons. The number of aliphatic hydroxyl groups is 2. The Morgan fingerprint density at radius 1 is 0.941 bits per heavy atom. The second-order valence-electron chi connectivity index (χ2n) is 14.9. The van der Waals surface area contributed by atoms with Gasteiger partial charge >= 0.3 is 0 Å². The predicted molar refractivity (Wildman–Crippen MR) is 138 cm³/mol. The number of aliphatic hydroxyl groups excluding tert-OH is 1. The largest absolute Gasteiger partial charge is 0.393 e. The first-order valence-corrected chi connectivity index (χ1v) is 14.4. The molecule has 10 atom stereocenters. The van der Waals surface area contributed by atoms with Crippen molar-refractivity contribution in [2.24, 2.45) is 50.7 Å². The lowest BCUT2D eigenvalue weighted by atomic mass is 9.41. The number of rotatable bonds is 6. The molecule has 5 fully saturated rings. The minimum absolute atomic E-state index is 0.217. The topological polar surface area (TPSA) is 49.7 Å². The minimum Gasteiger partial charge on any atom is -0.393 e. The summed E-state index contributed by atoms with van der Waals surface area (Å²) in [5, 5.41) is 19.5. The lowest BCUT2D eigenvalue weighted by molar-refractivity contribution is -0.166. The lowest BCUT2D eigenvalue weighted by Gasteiger charge is -2.63. The van der Waals surface area contributed by atoms with Gasteiger partial charge in [-0.25, -0.2) is 0 Å². The maximum atomic E-state index is 10.2. The molecule has 0 aromatic carbocycles. The summed E-state index contributed by atoms with van der Waals surface area (Å²) in [4.78, 5) is 0. The second-order valence-corrected chi connectivity index (χ2v) is 14.9. The third-order valence-corrected chi connectivity index (χ3v) is 13.4. The summed E-state index contributed by atoms with van der Waals surface area (Å²) >= 11 is 0. The molecule has 0 amide bonds. The van der Waals surface area contributed by atoms with E-state index >= 15 is 0 Å². The van der Waals surface area contributed by atoms with Crippen molar-refractivity contribution in [1.29, 1.82) is 0 Å². The Hall–Kier alpha value is -0.380. The maximum Gasteiger partial charge on any atom is 0.103 e. The van der Waals surface area contributed by atoms with Crippen LogP contribution < -0.4 is 0 Å². The van der Waals surface area contributed by atoms with E-state index in [0.29, 0.717) is 39.1 Å². The van der Waals surface area contributed by atoms with Crippen molar-refractivity contribution in [3.63, 3.8) is 0 Å². The molecule has 7 unspecified atom stereocenters. The zero-order valence-corrected chi connectivity index (χ0v) is 23.1. The van der Waals surface area contributed by atoms with Crippen LogP contribution in [0.5, 0.6) is 0 Å². The average molecular weight is 473 g/mol. The van der Waals surface area contributed by atoms with E-state index < -0.39 is 5.60 Å². The number of fused-ring (bicyclic) bond motifs is 2. The molecule has 0 heterocycles. The van der Waals surface area contributed by atoms with Crippen molar-refractivity contribution in [2.45, 2.75) is 117 Å². The Bertz CT molecular complexity index is 831. The van der Waals surface area contributed by atoms with Gasteiger partial charge in [0, 0.05) is 7.11 Å². The number of hydrogen-bond acceptors (Lipinski definition) is 3. The smallest absolute Gasteiger partial charge is 0.103 e. The molecule has 3 nitrogen and oxygen atoms in total. The number of hydrogen-bond donors (Lipinski definition) is 2. The zero-order valence-electron chi connectivity index (χ0n) is 23.1. The molecule has 5 saturated carbocycles. The fraction of sp³-hybridized carbons (Fsp3) is 0.935. The molecule has 5 aliphatic carbocycles. The first kappa shape index (κ1) is 25.3. The zero-order chi connectivity index (χ0) is 24.8. The van der Waals surface area contributed by atoms with Crippen LogP contribution in [0.2, 0.25) is 0 Å². The third-order valence-electron chi connectivity index (χ3n) is 13.4. The van der Waals surface area contributed by atoms with Gasteiger partial charge in [0.2, 0.25) is 0 Å². The first-order chi connectivity index (χ1) is 15.8. The quantitative estimate of drug-likeness (QED) is 0.420. The molecular formula is C31H52O3. The van der Waals surface area contributed by atoms with E-state index in [4.69, 9.17) is 4.74 Å². The average Bonchev–Trinajstić information content (AvgIpc) is 3.35. The molecule has 2 N–H and O–H groups in total. The van der Waals surface area contributed by atoms with Crippen LogP contribution >= 0.6 is 0 Å². The van der Waals surface area contributed by atoms with Gasteiger partial charge in [0.1, 0.15) is 5.60 Å². The van der Waals surface area contributed by atoms with E-state index in [2.05, 4.69) is 40.7 Å². The van der Waals surface area contributed by atoms with Crippen LogP contribution in [0.1, 0.15) is 106 Å². The van der Waals surface area contributed by atoms with E-state index in [1.54, 1.807) is 6.92 Å². The van der Waals surface area contributed by atoms with Gasteiger partial charge in [0.15, 0.2) is 0 Å². The molecule has 0 aromatic rings. The third kappa shape index (κ3) is 3.11. The SMILES string of the molecule is COC1CC[C@]23C[C@]24CCC2(C)C(C(C)C/C=C/[C@](C)(O)CO)CCC2(C)C4CCC3C1(C)C. The molecule has 3 heteroatoms. The van der Waals surface area contributed by atoms with Crippen LogP contribution in [0.4, 0.5) is 0 Å². The van der Waals surface area contributed by atoms with Gasteiger partial charge in [-0.1, -0.05) is 46.8 Å². The Morgan fingerprint density at radius 2 is 1.62 bits per heavy atom. The fourth-order valence-electron chi connectivity index (χ4n) is 11.5. The molecule has 34 heavy (non-hydrogen) atoms. The van der Waals surface area contributed by atoms with Gasteiger partial charge in [-0.05, 0) is 122 Å². The van der Waals surface area contributed by atoms with E-state index in [9.17, 15) is 10.2 Å². The van der Waals surface area contributed by atoms with Crippen molar-refractivity contribution in [2.75, 3.05) is 13.7 Å². The summed E-state index contributed by atoms with van der Waals surface area (Å²) < 4.78 is 6.02. The normalized spacial score (nSPS) is 51.7. The van der Waals surface area contributed by atoms with Gasteiger partial charge < -0.3 is 14.9 Å². The summed E-state index contributed by atoms with van der Waals surface area (Å²) in [7, 11) is 1.94. The molecule has 0 saturated heterocycles. The monoisotopic (exact) mass is 472 g/mol. The van der Waals surface area contributed by atoms with E-state index in [-0.39, 0.29) is 6.61 Å². The Labute approximate surface area is 209 Å². The maximum absolute atomic E-state index is 10.2. The summed E-state index contributed by atoms with van der Waals surface area (Å²) in [5.41, 5.74) is 1.30. The highest BCUT2D eigenvalue weighted by Crippen LogP contribution is 2.89. The van der Waals surface area contributed by atoms with Gasteiger partial charge in [0.25, 0.3) is 0 Å².